The van der Waals surface area contributed by atoms with E-state index in [1.165, 1.54) is 12.8 Å². The zero-order chi connectivity index (χ0) is 19.8. The highest BCUT2D eigenvalue weighted by atomic mass is 16.1. The van der Waals surface area contributed by atoms with Crippen molar-refractivity contribution in [2.24, 2.45) is 5.92 Å². The third-order valence-corrected chi connectivity index (χ3v) is 6.21. The van der Waals surface area contributed by atoms with Gasteiger partial charge in [-0.3, -0.25) is 9.78 Å². The summed E-state index contributed by atoms with van der Waals surface area (Å²) in [6.45, 7) is 4.50. The van der Waals surface area contributed by atoms with Crippen molar-refractivity contribution < 1.29 is 0 Å². The second-order valence-electron chi connectivity index (χ2n) is 8.26. The van der Waals surface area contributed by atoms with Crippen LogP contribution in [0.15, 0.2) is 29.3 Å². The van der Waals surface area contributed by atoms with Crippen LogP contribution in [0.25, 0.3) is 10.9 Å². The van der Waals surface area contributed by atoms with Crippen molar-refractivity contribution in [1.82, 2.24) is 24.7 Å². The fourth-order valence-corrected chi connectivity index (χ4v) is 4.62. The highest BCUT2D eigenvalue weighted by Crippen LogP contribution is 2.28. The fraction of sp³-hybridized carbons (Fsp3) is 0.500. The Balaban J connectivity index is 1.31. The van der Waals surface area contributed by atoms with Gasteiger partial charge >= 0.3 is 0 Å². The van der Waals surface area contributed by atoms with Crippen LogP contribution in [0.3, 0.4) is 0 Å². The average molecular weight is 390 g/mol. The van der Waals surface area contributed by atoms with Gasteiger partial charge in [0.2, 0.25) is 0 Å². The molecule has 7 nitrogen and oxygen atoms in total. The second-order valence-corrected chi connectivity index (χ2v) is 8.26. The largest absolute Gasteiger partial charge is 0.356 e. The molecule has 7 heteroatoms. The van der Waals surface area contributed by atoms with E-state index in [0.29, 0.717) is 12.5 Å². The number of pyridine rings is 1. The summed E-state index contributed by atoms with van der Waals surface area (Å²) in [6.07, 6.45) is 10.0. The Hall–Kier alpha value is -2.83. The highest BCUT2D eigenvalue weighted by molar-refractivity contribution is 5.88. The van der Waals surface area contributed by atoms with Gasteiger partial charge in [-0.1, -0.05) is 0 Å². The Morgan fingerprint density at radius 2 is 1.97 bits per heavy atom. The minimum absolute atomic E-state index is 0.0537. The molecule has 0 amide bonds. The smallest absolute Gasteiger partial charge is 0.267 e. The molecule has 1 saturated heterocycles. The van der Waals surface area contributed by atoms with E-state index in [2.05, 4.69) is 14.9 Å². The van der Waals surface area contributed by atoms with Gasteiger partial charge in [-0.2, -0.15) is 5.10 Å². The van der Waals surface area contributed by atoms with Crippen LogP contribution >= 0.6 is 0 Å². The number of hydrogen-bond donors (Lipinski definition) is 0. The van der Waals surface area contributed by atoms with E-state index in [0.717, 1.165) is 72.6 Å². The lowest BCUT2D eigenvalue weighted by atomic mass is 9.95. The van der Waals surface area contributed by atoms with Crippen molar-refractivity contribution in [1.29, 1.82) is 0 Å². The molecule has 1 aliphatic carbocycles. The van der Waals surface area contributed by atoms with Gasteiger partial charge in [0.15, 0.2) is 0 Å². The molecule has 1 aliphatic heterocycles. The highest BCUT2D eigenvalue weighted by Gasteiger charge is 2.23. The Labute approximate surface area is 169 Å². The van der Waals surface area contributed by atoms with Gasteiger partial charge in [0.05, 0.1) is 17.4 Å². The molecular weight excluding hydrogens is 364 g/mol. The third-order valence-electron chi connectivity index (χ3n) is 6.21. The van der Waals surface area contributed by atoms with Crippen LogP contribution in [0.5, 0.6) is 0 Å². The van der Waals surface area contributed by atoms with Crippen molar-refractivity contribution >= 4 is 16.7 Å². The van der Waals surface area contributed by atoms with Crippen molar-refractivity contribution in [3.8, 4) is 0 Å². The van der Waals surface area contributed by atoms with Crippen LogP contribution in [0.2, 0.25) is 0 Å². The van der Waals surface area contributed by atoms with Gasteiger partial charge in [0.25, 0.3) is 5.56 Å². The Morgan fingerprint density at radius 3 is 2.83 bits per heavy atom. The minimum Gasteiger partial charge on any atom is -0.356 e. The first kappa shape index (κ1) is 18.2. The molecule has 0 saturated carbocycles. The first-order valence-electron chi connectivity index (χ1n) is 10.6. The van der Waals surface area contributed by atoms with E-state index in [9.17, 15) is 4.79 Å². The van der Waals surface area contributed by atoms with E-state index in [1.807, 2.05) is 19.1 Å². The summed E-state index contributed by atoms with van der Waals surface area (Å²) in [5.41, 5.74) is 3.23. The number of aryl methyl sites for hydroxylation is 3. The topological polar surface area (TPSA) is 76.8 Å². The maximum absolute atomic E-state index is 12.5. The van der Waals surface area contributed by atoms with Crippen LogP contribution in [-0.2, 0) is 19.4 Å². The first-order valence-corrected chi connectivity index (χ1v) is 10.6. The van der Waals surface area contributed by atoms with E-state index < -0.39 is 0 Å². The van der Waals surface area contributed by atoms with E-state index in [-0.39, 0.29) is 5.56 Å². The van der Waals surface area contributed by atoms with Crippen molar-refractivity contribution in [2.75, 3.05) is 18.0 Å². The summed E-state index contributed by atoms with van der Waals surface area (Å²) in [5.74, 6) is 2.24. The first-order chi connectivity index (χ1) is 14.2. The van der Waals surface area contributed by atoms with Crippen LogP contribution in [-0.4, -0.2) is 37.8 Å². The molecule has 5 rings (SSSR count). The van der Waals surface area contributed by atoms with Crippen LogP contribution in [0.4, 0.5) is 5.82 Å². The molecule has 0 unspecified atom stereocenters. The molecule has 0 spiro atoms. The summed E-state index contributed by atoms with van der Waals surface area (Å²) < 4.78 is 1.71. The Bertz CT molecular complexity index is 1100. The zero-order valence-electron chi connectivity index (χ0n) is 16.8. The van der Waals surface area contributed by atoms with Gasteiger partial charge in [0, 0.05) is 37.3 Å². The predicted molar refractivity (Wildman–Crippen MR) is 112 cm³/mol. The lowest BCUT2D eigenvalue weighted by molar-refractivity contribution is 0.331. The quantitative estimate of drug-likeness (QED) is 0.684. The molecule has 4 heterocycles. The number of piperidine rings is 1. The molecule has 0 radical (unpaired) electrons. The van der Waals surface area contributed by atoms with Gasteiger partial charge < -0.3 is 4.90 Å². The third kappa shape index (κ3) is 3.61. The number of fused-ring (bicyclic) bond motifs is 2. The average Bonchev–Trinajstić information content (AvgIpc) is 2.74. The van der Waals surface area contributed by atoms with Crippen LogP contribution in [0, 0.1) is 12.8 Å². The molecule has 1 fully saturated rings. The van der Waals surface area contributed by atoms with E-state index >= 15 is 0 Å². The minimum atomic E-state index is 0.0537. The Morgan fingerprint density at radius 1 is 1.14 bits per heavy atom. The van der Waals surface area contributed by atoms with Crippen LogP contribution < -0.4 is 10.5 Å². The number of hydrogen-bond acceptors (Lipinski definition) is 6. The zero-order valence-corrected chi connectivity index (χ0v) is 16.8. The van der Waals surface area contributed by atoms with Gasteiger partial charge in [-0.05, 0) is 63.0 Å². The maximum atomic E-state index is 12.5. The van der Waals surface area contributed by atoms with Crippen LogP contribution in [0.1, 0.15) is 42.8 Å². The van der Waals surface area contributed by atoms with Gasteiger partial charge in [-0.15, -0.1) is 0 Å². The molecule has 3 aromatic rings. The van der Waals surface area contributed by atoms with Gasteiger partial charge in [0.1, 0.15) is 11.6 Å². The summed E-state index contributed by atoms with van der Waals surface area (Å²) in [5, 5.41) is 5.75. The van der Waals surface area contributed by atoms with Crippen molar-refractivity contribution in [3.05, 3.63) is 52.0 Å². The molecule has 0 bridgehead atoms. The lowest BCUT2D eigenvalue weighted by Crippen LogP contribution is -2.38. The SMILES string of the molecule is Cc1nc(N2CCC(Cn3nc4c(cc3=O)CCCC4)CC2)c2ccncc2n1. The molecule has 150 valence electrons. The number of aromatic nitrogens is 5. The number of nitrogens with zero attached hydrogens (tertiary/aromatic N) is 6. The molecule has 0 atom stereocenters. The fourth-order valence-electron chi connectivity index (χ4n) is 4.62. The molecular formula is C22H26N6O. The molecule has 2 aliphatic rings. The summed E-state index contributed by atoms with van der Waals surface area (Å²) in [6, 6.07) is 3.81. The number of rotatable bonds is 3. The van der Waals surface area contributed by atoms with Gasteiger partial charge in [-0.25, -0.2) is 14.6 Å². The van der Waals surface area contributed by atoms with Crippen molar-refractivity contribution in [3.63, 3.8) is 0 Å². The monoisotopic (exact) mass is 390 g/mol. The second kappa shape index (κ2) is 7.54. The molecule has 29 heavy (non-hydrogen) atoms. The van der Waals surface area contributed by atoms with E-state index in [1.54, 1.807) is 17.1 Å². The summed E-state index contributed by atoms with van der Waals surface area (Å²) >= 11 is 0. The molecule has 0 N–H and O–H groups in total. The molecule has 0 aromatic carbocycles. The Kier molecular flexibility index (Phi) is 4.73. The lowest BCUT2D eigenvalue weighted by Gasteiger charge is -2.33. The van der Waals surface area contributed by atoms with E-state index in [4.69, 9.17) is 10.1 Å². The summed E-state index contributed by atoms with van der Waals surface area (Å²) in [7, 11) is 0. The standard InChI is InChI=1S/C22H26N6O/c1-15-24-20-13-23-9-6-18(20)22(25-15)27-10-7-16(8-11-27)14-28-21(29)12-17-4-2-3-5-19(17)26-28/h6,9,12-13,16H,2-5,7-8,10-11,14H2,1H3. The number of anilines is 1. The summed E-state index contributed by atoms with van der Waals surface area (Å²) in [4.78, 5) is 28.3. The molecule has 3 aromatic heterocycles. The maximum Gasteiger partial charge on any atom is 0.267 e. The normalized spacial score (nSPS) is 17.5. The predicted octanol–water partition coefficient (Wildman–Crippen LogP) is 2.69. The van der Waals surface area contributed by atoms with Crippen molar-refractivity contribution in [2.45, 2.75) is 52.0 Å².